The van der Waals surface area contributed by atoms with Gasteiger partial charge in [-0.05, 0) is 24.9 Å². The van der Waals surface area contributed by atoms with Crippen LogP contribution in [0.5, 0.6) is 0 Å². The van der Waals surface area contributed by atoms with Gasteiger partial charge in [0, 0.05) is 0 Å². The highest BCUT2D eigenvalue weighted by atomic mass is 16.3. The van der Waals surface area contributed by atoms with E-state index in [2.05, 4.69) is 10.6 Å². The van der Waals surface area contributed by atoms with Crippen LogP contribution in [0, 0.1) is 0 Å². The van der Waals surface area contributed by atoms with Crippen molar-refractivity contribution in [3.63, 3.8) is 0 Å². The van der Waals surface area contributed by atoms with Crippen LogP contribution < -0.4 is 10.6 Å². The SMILES string of the molecule is O=C(N[C@@H](CO)c1ccccc1)[C@H]1CCCCN1. The predicted octanol–water partition coefficient (Wildman–Crippen LogP) is 0.978. The molecule has 1 aromatic carbocycles. The van der Waals surface area contributed by atoms with Crippen molar-refractivity contribution in [2.24, 2.45) is 0 Å². The van der Waals surface area contributed by atoms with Gasteiger partial charge in [0.25, 0.3) is 0 Å². The molecule has 1 heterocycles. The third-order valence-corrected chi connectivity index (χ3v) is 3.33. The van der Waals surface area contributed by atoms with Crippen molar-refractivity contribution in [3.05, 3.63) is 35.9 Å². The highest BCUT2D eigenvalue weighted by molar-refractivity contribution is 5.82. The standard InChI is InChI=1S/C14H20N2O2/c17-10-13(11-6-2-1-3-7-11)16-14(18)12-8-4-5-9-15-12/h1-3,6-7,12-13,15,17H,4-5,8-10H2,(H,16,18)/t12-,13+/m1/s1. The molecule has 4 nitrogen and oxygen atoms in total. The van der Waals surface area contributed by atoms with Crippen molar-refractivity contribution in [1.82, 2.24) is 10.6 Å². The summed E-state index contributed by atoms with van der Waals surface area (Å²) in [6, 6.07) is 9.12. The fraction of sp³-hybridized carbons (Fsp3) is 0.500. The minimum Gasteiger partial charge on any atom is -0.394 e. The minimum absolute atomic E-state index is 0.0161. The van der Waals surface area contributed by atoms with E-state index in [9.17, 15) is 9.90 Å². The summed E-state index contributed by atoms with van der Waals surface area (Å²) in [7, 11) is 0. The summed E-state index contributed by atoms with van der Waals surface area (Å²) in [4.78, 5) is 12.1. The maximum atomic E-state index is 12.1. The Hall–Kier alpha value is -1.39. The van der Waals surface area contributed by atoms with Crippen LogP contribution in [0.1, 0.15) is 30.9 Å². The van der Waals surface area contributed by atoms with Gasteiger partial charge in [-0.3, -0.25) is 4.79 Å². The molecule has 0 radical (unpaired) electrons. The second-order valence-corrected chi connectivity index (χ2v) is 4.66. The Balaban J connectivity index is 1.95. The average Bonchev–Trinajstić information content (AvgIpc) is 2.46. The second-order valence-electron chi connectivity index (χ2n) is 4.66. The highest BCUT2D eigenvalue weighted by Gasteiger charge is 2.23. The number of hydrogen-bond donors (Lipinski definition) is 3. The van der Waals surface area contributed by atoms with Crippen LogP contribution in [0.25, 0.3) is 0 Å². The largest absolute Gasteiger partial charge is 0.394 e. The number of rotatable bonds is 4. The number of nitrogens with one attached hydrogen (secondary N) is 2. The zero-order valence-corrected chi connectivity index (χ0v) is 10.4. The molecule has 1 saturated heterocycles. The number of carbonyl (C=O) groups is 1. The molecule has 0 unspecified atom stereocenters. The van der Waals surface area contributed by atoms with Gasteiger partial charge in [-0.25, -0.2) is 0 Å². The van der Waals surface area contributed by atoms with E-state index in [1.807, 2.05) is 30.3 Å². The van der Waals surface area contributed by atoms with E-state index in [1.54, 1.807) is 0 Å². The Bertz CT molecular complexity index is 375. The van der Waals surface area contributed by atoms with E-state index < -0.39 is 0 Å². The molecule has 1 aromatic rings. The zero-order chi connectivity index (χ0) is 12.8. The van der Waals surface area contributed by atoms with Gasteiger partial charge in [0.15, 0.2) is 0 Å². The van der Waals surface area contributed by atoms with Crippen molar-refractivity contribution >= 4 is 5.91 Å². The van der Waals surface area contributed by atoms with Crippen LogP contribution in [0.15, 0.2) is 30.3 Å². The van der Waals surface area contributed by atoms with E-state index in [4.69, 9.17) is 0 Å². The molecule has 0 aromatic heterocycles. The highest BCUT2D eigenvalue weighted by Crippen LogP contribution is 2.13. The van der Waals surface area contributed by atoms with Gasteiger partial charge in [0.2, 0.25) is 5.91 Å². The number of amides is 1. The van der Waals surface area contributed by atoms with Crippen molar-refractivity contribution in [2.45, 2.75) is 31.3 Å². The normalized spacial score (nSPS) is 21.3. The molecule has 1 aliphatic heterocycles. The zero-order valence-electron chi connectivity index (χ0n) is 10.4. The summed E-state index contributed by atoms with van der Waals surface area (Å²) >= 11 is 0. The van der Waals surface area contributed by atoms with Crippen molar-refractivity contribution < 1.29 is 9.90 Å². The molecule has 0 aliphatic carbocycles. The van der Waals surface area contributed by atoms with Crippen LogP contribution in [0.3, 0.4) is 0 Å². The summed E-state index contributed by atoms with van der Waals surface area (Å²) in [5, 5.41) is 15.5. The average molecular weight is 248 g/mol. The lowest BCUT2D eigenvalue weighted by Gasteiger charge is -2.25. The summed E-state index contributed by atoms with van der Waals surface area (Å²) in [5.41, 5.74) is 0.934. The Morgan fingerprint density at radius 3 is 2.78 bits per heavy atom. The van der Waals surface area contributed by atoms with Gasteiger partial charge >= 0.3 is 0 Å². The summed E-state index contributed by atoms with van der Waals surface area (Å²) in [6.07, 6.45) is 3.09. The number of piperidine rings is 1. The maximum Gasteiger partial charge on any atom is 0.237 e. The molecule has 4 heteroatoms. The molecule has 0 saturated carbocycles. The second kappa shape index (κ2) is 6.52. The van der Waals surface area contributed by atoms with Gasteiger partial charge in [-0.2, -0.15) is 0 Å². The molecule has 98 valence electrons. The van der Waals surface area contributed by atoms with Crippen LogP contribution in [0.4, 0.5) is 0 Å². The lowest BCUT2D eigenvalue weighted by molar-refractivity contribution is -0.124. The monoisotopic (exact) mass is 248 g/mol. The van der Waals surface area contributed by atoms with Gasteiger partial charge in [-0.1, -0.05) is 36.8 Å². The Kier molecular flexibility index (Phi) is 4.73. The lowest BCUT2D eigenvalue weighted by Crippen LogP contribution is -2.48. The van der Waals surface area contributed by atoms with Crippen LogP contribution >= 0.6 is 0 Å². The smallest absolute Gasteiger partial charge is 0.237 e. The van der Waals surface area contributed by atoms with Crippen molar-refractivity contribution in [1.29, 1.82) is 0 Å². The number of benzene rings is 1. The number of hydrogen-bond acceptors (Lipinski definition) is 3. The molecule has 3 N–H and O–H groups in total. The first-order chi connectivity index (χ1) is 8.81. The fourth-order valence-corrected chi connectivity index (χ4v) is 2.27. The molecule has 1 fully saturated rings. The van der Waals surface area contributed by atoms with Crippen LogP contribution in [-0.4, -0.2) is 30.2 Å². The van der Waals surface area contributed by atoms with E-state index in [0.717, 1.165) is 31.4 Å². The Morgan fingerprint density at radius 2 is 2.17 bits per heavy atom. The van der Waals surface area contributed by atoms with Gasteiger partial charge in [0.1, 0.15) is 0 Å². The Morgan fingerprint density at radius 1 is 1.39 bits per heavy atom. The quantitative estimate of drug-likeness (QED) is 0.744. The first kappa shape index (κ1) is 13.1. The maximum absolute atomic E-state index is 12.1. The van der Waals surface area contributed by atoms with Gasteiger partial charge in [0.05, 0.1) is 18.7 Å². The third kappa shape index (κ3) is 3.31. The molecule has 2 atom stereocenters. The molecular formula is C14H20N2O2. The van der Waals surface area contributed by atoms with Crippen molar-refractivity contribution in [3.8, 4) is 0 Å². The molecule has 0 spiro atoms. The predicted molar refractivity (Wildman–Crippen MR) is 70.1 cm³/mol. The lowest BCUT2D eigenvalue weighted by atomic mass is 10.0. The van der Waals surface area contributed by atoms with Gasteiger partial charge < -0.3 is 15.7 Å². The van der Waals surface area contributed by atoms with E-state index in [0.29, 0.717) is 0 Å². The van der Waals surface area contributed by atoms with Crippen LogP contribution in [0.2, 0.25) is 0 Å². The Labute approximate surface area is 107 Å². The third-order valence-electron chi connectivity index (χ3n) is 3.33. The molecular weight excluding hydrogens is 228 g/mol. The molecule has 0 bridgehead atoms. The topological polar surface area (TPSA) is 61.4 Å². The fourth-order valence-electron chi connectivity index (χ4n) is 2.27. The molecule has 1 aliphatic rings. The number of aliphatic hydroxyl groups excluding tert-OH is 1. The number of carbonyl (C=O) groups excluding carboxylic acids is 1. The minimum atomic E-state index is -0.317. The van der Waals surface area contributed by atoms with E-state index >= 15 is 0 Å². The summed E-state index contributed by atoms with van der Waals surface area (Å²) in [6.45, 7) is 0.815. The van der Waals surface area contributed by atoms with E-state index in [1.165, 1.54) is 0 Å². The molecule has 1 amide bonds. The molecule has 2 rings (SSSR count). The number of aliphatic hydroxyl groups is 1. The summed E-state index contributed by atoms with van der Waals surface area (Å²) < 4.78 is 0. The van der Waals surface area contributed by atoms with Crippen molar-refractivity contribution in [2.75, 3.05) is 13.2 Å². The van der Waals surface area contributed by atoms with E-state index in [-0.39, 0.29) is 24.6 Å². The summed E-state index contributed by atoms with van der Waals surface area (Å²) in [5.74, 6) is -0.0161. The molecule has 18 heavy (non-hydrogen) atoms. The van der Waals surface area contributed by atoms with Gasteiger partial charge in [-0.15, -0.1) is 0 Å². The first-order valence-electron chi connectivity index (χ1n) is 6.51. The van der Waals surface area contributed by atoms with Crippen LogP contribution in [-0.2, 0) is 4.79 Å². The first-order valence-corrected chi connectivity index (χ1v) is 6.51.